The Morgan fingerprint density at radius 3 is 2.25 bits per heavy atom. The number of anilines is 2. The number of benzene rings is 2. The summed E-state index contributed by atoms with van der Waals surface area (Å²) in [6.07, 6.45) is 0.320. The molecule has 0 heterocycles. The predicted octanol–water partition coefficient (Wildman–Crippen LogP) is 3.72. The molecule has 2 rings (SSSR count). The van der Waals surface area contributed by atoms with Crippen molar-refractivity contribution in [1.29, 1.82) is 0 Å². The summed E-state index contributed by atoms with van der Waals surface area (Å²) in [5, 5.41) is 3.61. The molecular weight excluding hydrogens is 272 g/mol. The van der Waals surface area contributed by atoms with Crippen molar-refractivity contribution in [2.75, 3.05) is 11.1 Å². The van der Waals surface area contributed by atoms with Gasteiger partial charge in [0.2, 0.25) is 5.91 Å². The van der Waals surface area contributed by atoms with Gasteiger partial charge in [-0.2, -0.15) is 0 Å². The van der Waals surface area contributed by atoms with Crippen LogP contribution in [0.4, 0.5) is 11.4 Å². The van der Waals surface area contributed by atoms with Crippen LogP contribution < -0.4 is 11.1 Å². The van der Waals surface area contributed by atoms with Crippen molar-refractivity contribution in [1.82, 2.24) is 0 Å². The topological polar surface area (TPSA) is 55.1 Å². The second kappa shape index (κ2) is 5.97. The molecule has 0 aliphatic rings. The van der Waals surface area contributed by atoms with Crippen LogP contribution in [-0.4, -0.2) is 5.91 Å². The van der Waals surface area contributed by atoms with Crippen LogP contribution in [0.2, 0.25) is 5.02 Å². The number of amides is 1. The van der Waals surface area contributed by atoms with E-state index in [2.05, 4.69) is 5.32 Å². The molecule has 0 atom stereocenters. The van der Waals surface area contributed by atoms with Gasteiger partial charge in [-0.05, 0) is 54.8 Å². The molecule has 2 aromatic carbocycles. The first-order chi connectivity index (χ1) is 9.45. The lowest BCUT2D eigenvalue weighted by atomic mass is 10.1. The molecule has 2 aromatic rings. The Hall–Kier alpha value is -2.00. The van der Waals surface area contributed by atoms with Crippen molar-refractivity contribution < 1.29 is 4.79 Å². The Balaban J connectivity index is 2.10. The van der Waals surface area contributed by atoms with E-state index in [9.17, 15) is 4.79 Å². The fraction of sp³-hybridized carbons (Fsp3) is 0.188. The van der Waals surface area contributed by atoms with Crippen LogP contribution >= 0.6 is 11.6 Å². The van der Waals surface area contributed by atoms with Gasteiger partial charge in [0.05, 0.1) is 6.42 Å². The molecule has 0 unspecified atom stereocenters. The molecule has 0 aliphatic heterocycles. The quantitative estimate of drug-likeness (QED) is 0.846. The van der Waals surface area contributed by atoms with E-state index in [0.29, 0.717) is 17.1 Å². The van der Waals surface area contributed by atoms with E-state index in [4.69, 9.17) is 17.3 Å². The zero-order valence-electron chi connectivity index (χ0n) is 11.5. The first-order valence-electron chi connectivity index (χ1n) is 6.36. The van der Waals surface area contributed by atoms with Crippen LogP contribution in [-0.2, 0) is 11.2 Å². The molecule has 20 heavy (non-hydrogen) atoms. The number of rotatable bonds is 3. The van der Waals surface area contributed by atoms with Gasteiger partial charge in [0.15, 0.2) is 0 Å². The van der Waals surface area contributed by atoms with Gasteiger partial charge in [-0.1, -0.05) is 23.7 Å². The smallest absolute Gasteiger partial charge is 0.228 e. The van der Waals surface area contributed by atoms with Crippen LogP contribution in [0.1, 0.15) is 16.7 Å². The number of aryl methyl sites for hydroxylation is 2. The molecular formula is C16H17ClN2O. The van der Waals surface area contributed by atoms with Crippen molar-refractivity contribution in [2.24, 2.45) is 0 Å². The summed E-state index contributed by atoms with van der Waals surface area (Å²) in [4.78, 5) is 12.1. The minimum Gasteiger partial charge on any atom is -0.399 e. The molecule has 4 heteroatoms. The number of nitrogens with two attached hydrogens (primary N) is 1. The number of carbonyl (C=O) groups is 1. The predicted molar refractivity (Wildman–Crippen MR) is 84.1 cm³/mol. The fourth-order valence-corrected chi connectivity index (χ4v) is 2.29. The summed E-state index contributed by atoms with van der Waals surface area (Å²) in [6.45, 7) is 3.86. The van der Waals surface area contributed by atoms with Crippen LogP contribution in [0.5, 0.6) is 0 Å². The second-order valence-corrected chi connectivity index (χ2v) is 5.32. The van der Waals surface area contributed by atoms with Gasteiger partial charge in [0.25, 0.3) is 0 Å². The highest BCUT2D eigenvalue weighted by Gasteiger charge is 2.09. The number of halogens is 1. The molecule has 0 aromatic heterocycles. The first kappa shape index (κ1) is 14.4. The molecule has 104 valence electrons. The maximum atomic E-state index is 12.1. The number of nitrogens with one attached hydrogen (secondary N) is 1. The summed E-state index contributed by atoms with van der Waals surface area (Å²) in [5.41, 5.74) is 10.2. The standard InChI is InChI=1S/C16H17ClN2O/c1-10-7-14(18)8-11(2)16(10)19-15(20)9-12-3-5-13(17)6-4-12/h3-8H,9,18H2,1-2H3,(H,19,20). The highest BCUT2D eigenvalue weighted by Crippen LogP contribution is 2.23. The SMILES string of the molecule is Cc1cc(N)cc(C)c1NC(=O)Cc1ccc(Cl)cc1. The monoisotopic (exact) mass is 288 g/mol. The molecule has 1 amide bonds. The Morgan fingerprint density at radius 1 is 1.15 bits per heavy atom. The first-order valence-corrected chi connectivity index (χ1v) is 6.74. The Labute approximate surface area is 123 Å². The Kier molecular flexibility index (Phi) is 4.30. The maximum Gasteiger partial charge on any atom is 0.228 e. The van der Waals surface area contributed by atoms with E-state index in [1.54, 1.807) is 12.1 Å². The summed E-state index contributed by atoms with van der Waals surface area (Å²) < 4.78 is 0. The molecule has 0 saturated heterocycles. The molecule has 0 radical (unpaired) electrons. The van der Waals surface area contributed by atoms with Gasteiger partial charge in [0, 0.05) is 16.4 Å². The zero-order valence-corrected chi connectivity index (χ0v) is 12.3. The Bertz CT molecular complexity index is 612. The van der Waals surface area contributed by atoms with Gasteiger partial charge in [-0.3, -0.25) is 4.79 Å². The Morgan fingerprint density at radius 2 is 1.70 bits per heavy atom. The minimum absolute atomic E-state index is 0.0525. The van der Waals surface area contributed by atoms with Crippen LogP contribution in [0.3, 0.4) is 0 Å². The summed E-state index contributed by atoms with van der Waals surface area (Å²) >= 11 is 5.82. The van der Waals surface area contributed by atoms with Gasteiger partial charge >= 0.3 is 0 Å². The molecule has 3 nitrogen and oxygen atoms in total. The van der Waals surface area contributed by atoms with Crippen LogP contribution in [0.15, 0.2) is 36.4 Å². The van der Waals surface area contributed by atoms with Crippen molar-refractivity contribution in [3.05, 3.63) is 58.1 Å². The average Bonchev–Trinajstić information content (AvgIpc) is 2.36. The van der Waals surface area contributed by atoms with Crippen molar-refractivity contribution >= 4 is 28.9 Å². The third kappa shape index (κ3) is 3.52. The fourth-order valence-electron chi connectivity index (χ4n) is 2.17. The summed E-state index contributed by atoms with van der Waals surface area (Å²) in [6, 6.07) is 11.0. The molecule has 0 bridgehead atoms. The lowest BCUT2D eigenvalue weighted by molar-refractivity contribution is -0.115. The van der Waals surface area contributed by atoms with E-state index in [0.717, 1.165) is 22.4 Å². The number of nitrogen functional groups attached to an aromatic ring is 1. The number of hydrogen-bond donors (Lipinski definition) is 2. The van der Waals surface area contributed by atoms with Crippen molar-refractivity contribution in [3.63, 3.8) is 0 Å². The van der Waals surface area contributed by atoms with Crippen LogP contribution in [0.25, 0.3) is 0 Å². The highest BCUT2D eigenvalue weighted by atomic mass is 35.5. The normalized spacial score (nSPS) is 10.3. The third-order valence-corrected chi connectivity index (χ3v) is 3.35. The van der Waals surface area contributed by atoms with Gasteiger partial charge in [-0.25, -0.2) is 0 Å². The molecule has 3 N–H and O–H groups in total. The lowest BCUT2D eigenvalue weighted by Crippen LogP contribution is -2.16. The van der Waals surface area contributed by atoms with E-state index in [-0.39, 0.29) is 5.91 Å². The molecule has 0 aliphatic carbocycles. The van der Waals surface area contributed by atoms with E-state index >= 15 is 0 Å². The minimum atomic E-state index is -0.0525. The van der Waals surface area contributed by atoms with E-state index in [1.807, 2.05) is 38.1 Å². The maximum absolute atomic E-state index is 12.1. The van der Waals surface area contributed by atoms with Gasteiger partial charge in [0.1, 0.15) is 0 Å². The van der Waals surface area contributed by atoms with E-state index in [1.165, 1.54) is 0 Å². The third-order valence-electron chi connectivity index (χ3n) is 3.10. The summed E-state index contributed by atoms with van der Waals surface area (Å²) in [7, 11) is 0. The van der Waals surface area contributed by atoms with Crippen molar-refractivity contribution in [2.45, 2.75) is 20.3 Å². The largest absolute Gasteiger partial charge is 0.399 e. The van der Waals surface area contributed by atoms with Crippen LogP contribution in [0, 0.1) is 13.8 Å². The zero-order chi connectivity index (χ0) is 14.7. The molecule has 0 spiro atoms. The van der Waals surface area contributed by atoms with Gasteiger partial charge < -0.3 is 11.1 Å². The second-order valence-electron chi connectivity index (χ2n) is 4.88. The lowest BCUT2D eigenvalue weighted by Gasteiger charge is -2.12. The average molecular weight is 289 g/mol. The highest BCUT2D eigenvalue weighted by molar-refractivity contribution is 6.30. The molecule has 0 fully saturated rings. The summed E-state index contributed by atoms with van der Waals surface area (Å²) in [5.74, 6) is -0.0525. The molecule has 0 saturated carbocycles. The van der Waals surface area contributed by atoms with Gasteiger partial charge in [-0.15, -0.1) is 0 Å². The number of carbonyl (C=O) groups excluding carboxylic acids is 1. The van der Waals surface area contributed by atoms with Crippen molar-refractivity contribution in [3.8, 4) is 0 Å². The van der Waals surface area contributed by atoms with E-state index < -0.39 is 0 Å². The number of hydrogen-bond acceptors (Lipinski definition) is 2.